The summed E-state index contributed by atoms with van der Waals surface area (Å²) in [6.07, 6.45) is 7.58. The number of thiol groups is 1. The summed E-state index contributed by atoms with van der Waals surface area (Å²) in [4.78, 5) is 12.4. The molecule has 0 spiro atoms. The van der Waals surface area contributed by atoms with Crippen LogP contribution >= 0.6 is 12.6 Å². The normalized spacial score (nSPS) is 10.3. The predicted molar refractivity (Wildman–Crippen MR) is 77.3 cm³/mol. The average molecular weight is 266 g/mol. The first kappa shape index (κ1) is 15.1. The number of hydrogen-bond donors (Lipinski definition) is 1. The van der Waals surface area contributed by atoms with E-state index in [1.165, 1.54) is 25.7 Å². The molecule has 2 nitrogen and oxygen atoms in total. The lowest BCUT2D eigenvalue weighted by Gasteiger charge is -2.04. The first-order chi connectivity index (χ1) is 8.72. The maximum absolute atomic E-state index is 11.5. The summed E-state index contributed by atoms with van der Waals surface area (Å²) < 4.78 is 5.22. The molecule has 0 atom stereocenters. The van der Waals surface area contributed by atoms with Crippen LogP contribution in [-0.4, -0.2) is 5.97 Å². The van der Waals surface area contributed by atoms with E-state index in [1.807, 2.05) is 12.1 Å². The number of rotatable bonds is 8. The Morgan fingerprint density at radius 3 is 2.33 bits per heavy atom. The molecule has 1 aromatic carbocycles. The number of carbonyl (C=O) groups is 1. The summed E-state index contributed by atoms with van der Waals surface area (Å²) in [5.74, 6) is 0.459. The Kier molecular flexibility index (Phi) is 7.58. The Morgan fingerprint density at radius 2 is 1.67 bits per heavy atom. The SMILES string of the molecule is CCCCCCCCC(=O)Oc1ccc(S)cc1. The predicted octanol–water partition coefficient (Wildman–Crippen LogP) is 4.63. The number of esters is 1. The summed E-state index contributed by atoms with van der Waals surface area (Å²) in [6.45, 7) is 2.20. The fraction of sp³-hybridized carbons (Fsp3) is 0.533. The Morgan fingerprint density at radius 1 is 1.06 bits per heavy atom. The standard InChI is InChI=1S/C15H22O2S/c1-2-3-4-5-6-7-8-15(16)17-13-9-11-14(18)12-10-13/h9-12,18H,2-8H2,1H3. The molecule has 0 heterocycles. The zero-order chi connectivity index (χ0) is 13.2. The number of hydrogen-bond acceptors (Lipinski definition) is 3. The summed E-state index contributed by atoms with van der Waals surface area (Å²) in [7, 11) is 0. The molecule has 0 saturated carbocycles. The van der Waals surface area contributed by atoms with Gasteiger partial charge in [-0.3, -0.25) is 4.79 Å². The summed E-state index contributed by atoms with van der Waals surface area (Å²) in [5, 5.41) is 0. The molecular formula is C15H22O2S. The monoisotopic (exact) mass is 266 g/mol. The molecular weight excluding hydrogens is 244 g/mol. The smallest absolute Gasteiger partial charge is 0.311 e. The van der Waals surface area contributed by atoms with Crippen molar-refractivity contribution in [1.82, 2.24) is 0 Å². The second-order valence-electron chi connectivity index (χ2n) is 4.49. The quantitative estimate of drug-likeness (QED) is 0.321. The molecule has 0 bridgehead atoms. The highest BCUT2D eigenvalue weighted by Gasteiger charge is 2.04. The van der Waals surface area contributed by atoms with Crippen LogP contribution in [-0.2, 0) is 4.79 Å². The number of carbonyl (C=O) groups excluding carboxylic acids is 1. The molecule has 18 heavy (non-hydrogen) atoms. The van der Waals surface area contributed by atoms with E-state index in [1.54, 1.807) is 12.1 Å². The van der Waals surface area contributed by atoms with Gasteiger partial charge in [0.05, 0.1) is 0 Å². The van der Waals surface area contributed by atoms with Gasteiger partial charge in [-0.05, 0) is 30.7 Å². The van der Waals surface area contributed by atoms with Crippen molar-refractivity contribution in [3.63, 3.8) is 0 Å². The zero-order valence-corrected chi connectivity index (χ0v) is 11.9. The molecule has 0 aliphatic heterocycles. The highest BCUT2D eigenvalue weighted by Crippen LogP contribution is 2.15. The van der Waals surface area contributed by atoms with Crippen LogP contribution in [0.2, 0.25) is 0 Å². The van der Waals surface area contributed by atoms with Gasteiger partial charge in [0, 0.05) is 11.3 Å². The third-order valence-corrected chi connectivity index (χ3v) is 3.10. The van der Waals surface area contributed by atoms with E-state index in [-0.39, 0.29) is 5.97 Å². The maximum atomic E-state index is 11.5. The van der Waals surface area contributed by atoms with Gasteiger partial charge in [-0.1, -0.05) is 39.0 Å². The van der Waals surface area contributed by atoms with E-state index >= 15 is 0 Å². The Labute approximate surface area is 115 Å². The van der Waals surface area contributed by atoms with Crippen LogP contribution in [0.15, 0.2) is 29.2 Å². The fourth-order valence-corrected chi connectivity index (χ4v) is 1.90. The molecule has 0 aliphatic carbocycles. The molecule has 0 saturated heterocycles. The second-order valence-corrected chi connectivity index (χ2v) is 5.00. The third kappa shape index (κ3) is 6.70. The lowest BCUT2D eigenvalue weighted by molar-refractivity contribution is -0.134. The van der Waals surface area contributed by atoms with Crippen LogP contribution in [0.1, 0.15) is 51.9 Å². The van der Waals surface area contributed by atoms with Crippen molar-refractivity contribution in [3.05, 3.63) is 24.3 Å². The molecule has 0 radical (unpaired) electrons. The van der Waals surface area contributed by atoms with E-state index in [4.69, 9.17) is 4.74 Å². The molecule has 3 heteroatoms. The molecule has 1 aromatic rings. The number of benzene rings is 1. The Bertz CT molecular complexity index is 346. The van der Waals surface area contributed by atoms with E-state index in [2.05, 4.69) is 19.6 Å². The van der Waals surface area contributed by atoms with Gasteiger partial charge in [-0.2, -0.15) is 0 Å². The van der Waals surface area contributed by atoms with Gasteiger partial charge in [0.1, 0.15) is 5.75 Å². The first-order valence-electron chi connectivity index (χ1n) is 6.72. The lowest BCUT2D eigenvalue weighted by atomic mass is 10.1. The summed E-state index contributed by atoms with van der Waals surface area (Å²) >= 11 is 4.18. The zero-order valence-electron chi connectivity index (χ0n) is 11.0. The summed E-state index contributed by atoms with van der Waals surface area (Å²) in [5.41, 5.74) is 0. The van der Waals surface area contributed by atoms with Crippen molar-refractivity contribution in [2.24, 2.45) is 0 Å². The van der Waals surface area contributed by atoms with E-state index in [9.17, 15) is 4.79 Å². The maximum Gasteiger partial charge on any atom is 0.311 e. The third-order valence-electron chi connectivity index (χ3n) is 2.80. The minimum Gasteiger partial charge on any atom is -0.427 e. The summed E-state index contributed by atoms with van der Waals surface area (Å²) in [6, 6.07) is 7.16. The molecule has 0 amide bonds. The largest absolute Gasteiger partial charge is 0.427 e. The molecule has 100 valence electrons. The fourth-order valence-electron chi connectivity index (χ4n) is 1.75. The van der Waals surface area contributed by atoms with Crippen molar-refractivity contribution in [1.29, 1.82) is 0 Å². The minimum atomic E-state index is -0.141. The molecule has 0 fully saturated rings. The minimum absolute atomic E-state index is 0.141. The molecule has 0 N–H and O–H groups in total. The van der Waals surface area contributed by atoms with Gasteiger partial charge in [0.25, 0.3) is 0 Å². The highest BCUT2D eigenvalue weighted by atomic mass is 32.1. The van der Waals surface area contributed by atoms with Crippen LogP contribution < -0.4 is 4.74 Å². The lowest BCUT2D eigenvalue weighted by Crippen LogP contribution is -2.07. The first-order valence-corrected chi connectivity index (χ1v) is 7.17. The second kappa shape index (κ2) is 9.03. The average Bonchev–Trinajstić information content (AvgIpc) is 2.36. The van der Waals surface area contributed by atoms with Crippen LogP contribution in [0.4, 0.5) is 0 Å². The van der Waals surface area contributed by atoms with E-state index in [0.717, 1.165) is 17.7 Å². The molecule has 0 aromatic heterocycles. The number of unbranched alkanes of at least 4 members (excludes halogenated alkanes) is 5. The van der Waals surface area contributed by atoms with Gasteiger partial charge in [0.15, 0.2) is 0 Å². The van der Waals surface area contributed by atoms with Gasteiger partial charge in [0.2, 0.25) is 0 Å². The van der Waals surface area contributed by atoms with Crippen LogP contribution in [0.5, 0.6) is 5.75 Å². The van der Waals surface area contributed by atoms with Crippen molar-refractivity contribution in [3.8, 4) is 5.75 Å². The van der Waals surface area contributed by atoms with Crippen LogP contribution in [0, 0.1) is 0 Å². The molecule has 0 unspecified atom stereocenters. The van der Waals surface area contributed by atoms with Gasteiger partial charge in [-0.25, -0.2) is 0 Å². The van der Waals surface area contributed by atoms with Crippen molar-refractivity contribution in [2.45, 2.75) is 56.8 Å². The number of ether oxygens (including phenoxy) is 1. The van der Waals surface area contributed by atoms with Crippen molar-refractivity contribution >= 4 is 18.6 Å². The topological polar surface area (TPSA) is 26.3 Å². The van der Waals surface area contributed by atoms with E-state index in [0.29, 0.717) is 12.2 Å². The Balaban J connectivity index is 2.12. The van der Waals surface area contributed by atoms with Crippen LogP contribution in [0.25, 0.3) is 0 Å². The van der Waals surface area contributed by atoms with Crippen molar-refractivity contribution < 1.29 is 9.53 Å². The Hall–Kier alpha value is -0.960. The molecule has 1 rings (SSSR count). The van der Waals surface area contributed by atoms with Crippen LogP contribution in [0.3, 0.4) is 0 Å². The highest BCUT2D eigenvalue weighted by molar-refractivity contribution is 7.80. The van der Waals surface area contributed by atoms with Crippen molar-refractivity contribution in [2.75, 3.05) is 0 Å². The van der Waals surface area contributed by atoms with Gasteiger partial charge in [-0.15, -0.1) is 12.6 Å². The van der Waals surface area contributed by atoms with Gasteiger partial charge < -0.3 is 4.74 Å². The molecule has 0 aliphatic rings. The van der Waals surface area contributed by atoms with E-state index < -0.39 is 0 Å². The van der Waals surface area contributed by atoms with Gasteiger partial charge >= 0.3 is 5.97 Å².